The van der Waals surface area contributed by atoms with Crippen LogP contribution in [-0.4, -0.2) is 19.3 Å². The summed E-state index contributed by atoms with van der Waals surface area (Å²) < 4.78 is 5.20. The van der Waals surface area contributed by atoms with Gasteiger partial charge >= 0.3 is 0 Å². The lowest BCUT2D eigenvalue weighted by molar-refractivity contribution is 0.0329. The molecule has 0 aromatic heterocycles. The predicted molar refractivity (Wildman–Crippen MR) is 63.3 cm³/mol. The van der Waals surface area contributed by atoms with E-state index in [9.17, 15) is 0 Å². The summed E-state index contributed by atoms with van der Waals surface area (Å²) in [6.45, 7) is 0. The molecule has 1 saturated carbocycles. The Labute approximate surface area is 100 Å². The third-order valence-corrected chi connectivity index (χ3v) is 3.06. The molecule has 0 amide bonds. The molecule has 0 bridgehead atoms. The van der Waals surface area contributed by atoms with Crippen molar-refractivity contribution in [2.45, 2.75) is 25.0 Å². The number of hydrogen-bond acceptors (Lipinski definition) is 4. The molecule has 1 aromatic rings. The normalized spacial score (nSPS) is 22.1. The van der Waals surface area contributed by atoms with Crippen LogP contribution in [0.4, 0.5) is 5.69 Å². The Morgan fingerprint density at radius 1 is 1.24 bits per heavy atom. The minimum absolute atomic E-state index is 0.348. The van der Waals surface area contributed by atoms with E-state index in [0.29, 0.717) is 23.3 Å². The zero-order valence-corrected chi connectivity index (χ0v) is 9.60. The zero-order chi connectivity index (χ0) is 12.3. The van der Waals surface area contributed by atoms with Gasteiger partial charge in [0.1, 0.15) is 12.1 Å². The van der Waals surface area contributed by atoms with E-state index in [4.69, 9.17) is 15.3 Å². The Morgan fingerprint density at radius 3 is 2.53 bits per heavy atom. The highest BCUT2D eigenvalue weighted by Crippen LogP contribution is 2.26. The zero-order valence-electron chi connectivity index (χ0n) is 9.60. The van der Waals surface area contributed by atoms with Crippen LogP contribution in [0.25, 0.3) is 0 Å². The molecule has 17 heavy (non-hydrogen) atoms. The highest BCUT2D eigenvalue weighted by Gasteiger charge is 2.28. The van der Waals surface area contributed by atoms with E-state index in [0.717, 1.165) is 18.5 Å². The van der Waals surface area contributed by atoms with Crippen molar-refractivity contribution in [3.63, 3.8) is 0 Å². The number of methoxy groups -OCH3 is 1. The Morgan fingerprint density at radius 2 is 1.94 bits per heavy atom. The molecule has 0 unspecified atom stereocenters. The lowest BCUT2D eigenvalue weighted by atomic mass is 9.89. The fraction of sp³-hybridized carbons (Fsp3) is 0.385. The Bertz CT molecular complexity index is 492. The van der Waals surface area contributed by atoms with Crippen molar-refractivity contribution in [2.24, 2.45) is 0 Å². The molecule has 1 fully saturated rings. The maximum atomic E-state index is 8.91. The second-order valence-corrected chi connectivity index (χ2v) is 4.15. The largest absolute Gasteiger partial charge is 0.382 e. The molecule has 0 aliphatic heterocycles. The number of hydrogen-bond donors (Lipinski definition) is 1. The number of nitrogens with one attached hydrogen (secondary N) is 1. The molecule has 2 rings (SSSR count). The lowest BCUT2D eigenvalue weighted by Crippen LogP contribution is -2.40. The number of anilines is 1. The number of rotatable bonds is 3. The van der Waals surface area contributed by atoms with Crippen LogP contribution >= 0.6 is 0 Å². The van der Waals surface area contributed by atoms with Crippen LogP contribution in [0, 0.1) is 22.7 Å². The van der Waals surface area contributed by atoms with Gasteiger partial charge in [-0.05, 0) is 31.0 Å². The maximum Gasteiger partial charge on any atom is 0.101 e. The van der Waals surface area contributed by atoms with Gasteiger partial charge in [0.15, 0.2) is 0 Å². The minimum Gasteiger partial charge on any atom is -0.382 e. The van der Waals surface area contributed by atoms with E-state index in [1.54, 1.807) is 19.2 Å². The van der Waals surface area contributed by atoms with Gasteiger partial charge in [-0.25, -0.2) is 0 Å². The summed E-state index contributed by atoms with van der Waals surface area (Å²) in [5, 5.41) is 21.0. The summed E-state index contributed by atoms with van der Waals surface area (Å²) in [7, 11) is 1.72. The van der Waals surface area contributed by atoms with Crippen LogP contribution in [0.1, 0.15) is 24.0 Å². The fourth-order valence-electron chi connectivity index (χ4n) is 1.94. The van der Waals surface area contributed by atoms with Gasteiger partial charge in [0.05, 0.1) is 17.2 Å². The fourth-order valence-corrected chi connectivity index (χ4v) is 1.94. The molecule has 0 saturated heterocycles. The third kappa shape index (κ3) is 2.38. The molecular weight excluding hydrogens is 214 g/mol. The summed E-state index contributed by atoms with van der Waals surface area (Å²) in [5.74, 6) is 0. The average molecular weight is 227 g/mol. The smallest absolute Gasteiger partial charge is 0.101 e. The summed E-state index contributed by atoms with van der Waals surface area (Å²) >= 11 is 0. The standard InChI is InChI=1S/C13H13N3O/c1-17-13-5-12(6-13)16-11-3-2-9(7-14)10(4-11)8-15/h2-4,12-13,16H,5-6H2,1H3. The SMILES string of the molecule is COC1CC(Nc2ccc(C#N)c(C#N)c2)C1. The Balaban J connectivity index is 2.04. The van der Waals surface area contributed by atoms with Crippen molar-refractivity contribution >= 4 is 5.69 Å². The van der Waals surface area contributed by atoms with Crippen molar-refractivity contribution in [3.8, 4) is 12.1 Å². The highest BCUT2D eigenvalue weighted by molar-refractivity contribution is 5.56. The van der Waals surface area contributed by atoms with Crippen LogP contribution in [-0.2, 0) is 4.74 Å². The Kier molecular flexibility index (Phi) is 3.27. The van der Waals surface area contributed by atoms with E-state index in [1.807, 2.05) is 18.2 Å². The van der Waals surface area contributed by atoms with Crippen LogP contribution < -0.4 is 5.32 Å². The molecular formula is C13H13N3O. The maximum absolute atomic E-state index is 8.91. The molecule has 86 valence electrons. The van der Waals surface area contributed by atoms with Gasteiger partial charge < -0.3 is 10.1 Å². The van der Waals surface area contributed by atoms with Gasteiger partial charge in [0.25, 0.3) is 0 Å². The number of nitriles is 2. The number of ether oxygens (including phenoxy) is 1. The van der Waals surface area contributed by atoms with Gasteiger partial charge in [-0.1, -0.05) is 0 Å². The minimum atomic E-state index is 0.348. The molecule has 0 heterocycles. The van der Waals surface area contributed by atoms with Crippen molar-refractivity contribution in [1.82, 2.24) is 0 Å². The quantitative estimate of drug-likeness (QED) is 0.857. The van der Waals surface area contributed by atoms with E-state index in [2.05, 4.69) is 5.32 Å². The Hall–Kier alpha value is -2.04. The molecule has 1 N–H and O–H groups in total. The molecule has 1 aliphatic carbocycles. The molecule has 4 heteroatoms. The monoisotopic (exact) mass is 227 g/mol. The van der Waals surface area contributed by atoms with E-state index in [-0.39, 0.29) is 0 Å². The molecule has 0 spiro atoms. The molecule has 1 aromatic carbocycles. The summed E-state index contributed by atoms with van der Waals surface area (Å²) in [6, 6.07) is 9.66. The molecule has 1 aliphatic rings. The van der Waals surface area contributed by atoms with Gasteiger partial charge in [-0.2, -0.15) is 10.5 Å². The van der Waals surface area contributed by atoms with E-state index < -0.39 is 0 Å². The van der Waals surface area contributed by atoms with Gasteiger partial charge in [-0.3, -0.25) is 0 Å². The lowest BCUT2D eigenvalue weighted by Gasteiger charge is -2.35. The molecule has 0 atom stereocenters. The van der Waals surface area contributed by atoms with Crippen molar-refractivity contribution in [1.29, 1.82) is 10.5 Å². The van der Waals surface area contributed by atoms with Gasteiger partial charge in [0.2, 0.25) is 0 Å². The van der Waals surface area contributed by atoms with E-state index >= 15 is 0 Å². The second-order valence-electron chi connectivity index (χ2n) is 4.15. The van der Waals surface area contributed by atoms with Crippen LogP contribution in [0.5, 0.6) is 0 Å². The summed E-state index contributed by atoms with van der Waals surface area (Å²) in [4.78, 5) is 0. The van der Waals surface area contributed by atoms with Crippen LogP contribution in [0.2, 0.25) is 0 Å². The van der Waals surface area contributed by atoms with Gasteiger partial charge in [-0.15, -0.1) is 0 Å². The first-order valence-corrected chi connectivity index (χ1v) is 5.50. The second kappa shape index (κ2) is 4.86. The first kappa shape index (κ1) is 11.4. The van der Waals surface area contributed by atoms with Crippen molar-refractivity contribution < 1.29 is 4.74 Å². The van der Waals surface area contributed by atoms with Crippen LogP contribution in [0.3, 0.4) is 0 Å². The molecule has 4 nitrogen and oxygen atoms in total. The van der Waals surface area contributed by atoms with Crippen molar-refractivity contribution in [3.05, 3.63) is 29.3 Å². The summed E-state index contributed by atoms with van der Waals surface area (Å²) in [6.07, 6.45) is 2.32. The highest BCUT2D eigenvalue weighted by atomic mass is 16.5. The van der Waals surface area contributed by atoms with E-state index in [1.165, 1.54) is 0 Å². The number of benzene rings is 1. The molecule has 0 radical (unpaired) electrons. The van der Waals surface area contributed by atoms with Gasteiger partial charge in [0, 0.05) is 18.8 Å². The van der Waals surface area contributed by atoms with Crippen molar-refractivity contribution in [2.75, 3.05) is 12.4 Å². The summed E-state index contributed by atoms with van der Waals surface area (Å²) in [5.41, 5.74) is 1.72. The first-order valence-electron chi connectivity index (χ1n) is 5.50. The third-order valence-electron chi connectivity index (χ3n) is 3.06. The topological polar surface area (TPSA) is 68.8 Å². The van der Waals surface area contributed by atoms with Crippen LogP contribution in [0.15, 0.2) is 18.2 Å². The number of nitrogens with zero attached hydrogens (tertiary/aromatic N) is 2. The predicted octanol–water partition coefficient (Wildman–Crippen LogP) is 2.02. The first-order chi connectivity index (χ1) is 8.26. The average Bonchev–Trinajstić information content (AvgIpc) is 2.32.